The van der Waals surface area contributed by atoms with Crippen LogP contribution in [0.5, 0.6) is 0 Å². The number of aromatic nitrogens is 3. The van der Waals surface area contributed by atoms with E-state index in [-0.39, 0.29) is 6.10 Å². The average Bonchev–Trinajstić information content (AvgIpc) is 2.52. The predicted octanol–water partition coefficient (Wildman–Crippen LogP) is 0.202. The SMILES string of the molecule is CC1CC(O)(c2cnn(C)n2)CCO1. The molecule has 1 N–H and O–H groups in total. The number of hydrogen-bond acceptors (Lipinski definition) is 4. The van der Waals surface area contributed by atoms with Crippen LogP contribution in [0.15, 0.2) is 6.20 Å². The van der Waals surface area contributed by atoms with E-state index in [2.05, 4.69) is 10.2 Å². The van der Waals surface area contributed by atoms with Gasteiger partial charge in [0.25, 0.3) is 0 Å². The molecule has 0 saturated carbocycles. The summed E-state index contributed by atoms with van der Waals surface area (Å²) in [4.78, 5) is 1.47. The first-order valence-corrected chi connectivity index (χ1v) is 4.81. The first-order chi connectivity index (χ1) is 6.60. The molecule has 1 fully saturated rings. The second-order valence-electron chi connectivity index (χ2n) is 3.89. The third-order valence-corrected chi connectivity index (χ3v) is 2.62. The summed E-state index contributed by atoms with van der Waals surface area (Å²) in [6.45, 7) is 2.54. The van der Waals surface area contributed by atoms with Gasteiger partial charge in [0.1, 0.15) is 11.3 Å². The van der Waals surface area contributed by atoms with E-state index in [1.807, 2.05) is 6.92 Å². The lowest BCUT2D eigenvalue weighted by Gasteiger charge is -2.33. The van der Waals surface area contributed by atoms with Crippen molar-refractivity contribution in [1.29, 1.82) is 0 Å². The maximum absolute atomic E-state index is 10.3. The van der Waals surface area contributed by atoms with Crippen molar-refractivity contribution in [1.82, 2.24) is 15.0 Å². The van der Waals surface area contributed by atoms with Crippen LogP contribution in [-0.2, 0) is 17.4 Å². The summed E-state index contributed by atoms with van der Waals surface area (Å²) in [7, 11) is 1.75. The van der Waals surface area contributed by atoms with Gasteiger partial charge in [0.15, 0.2) is 0 Å². The van der Waals surface area contributed by atoms with Crippen molar-refractivity contribution in [3.63, 3.8) is 0 Å². The Morgan fingerprint density at radius 2 is 2.50 bits per heavy atom. The van der Waals surface area contributed by atoms with Crippen molar-refractivity contribution in [2.45, 2.75) is 31.5 Å². The number of nitrogens with zero attached hydrogens (tertiary/aromatic N) is 3. The summed E-state index contributed by atoms with van der Waals surface area (Å²) in [5, 5.41) is 18.4. The number of rotatable bonds is 1. The smallest absolute Gasteiger partial charge is 0.115 e. The summed E-state index contributed by atoms with van der Waals surface area (Å²) < 4.78 is 5.39. The van der Waals surface area contributed by atoms with Crippen LogP contribution in [0, 0.1) is 0 Å². The molecule has 2 unspecified atom stereocenters. The van der Waals surface area contributed by atoms with E-state index in [1.54, 1.807) is 13.2 Å². The largest absolute Gasteiger partial charge is 0.383 e. The van der Waals surface area contributed by atoms with Crippen molar-refractivity contribution in [3.8, 4) is 0 Å². The molecule has 2 atom stereocenters. The lowest BCUT2D eigenvalue weighted by molar-refractivity contribution is -0.104. The van der Waals surface area contributed by atoms with E-state index >= 15 is 0 Å². The van der Waals surface area contributed by atoms with E-state index in [1.165, 1.54) is 4.80 Å². The fraction of sp³-hybridized carbons (Fsp3) is 0.778. The van der Waals surface area contributed by atoms with Crippen molar-refractivity contribution in [2.75, 3.05) is 6.61 Å². The summed E-state index contributed by atoms with van der Waals surface area (Å²) in [5.74, 6) is 0. The topological polar surface area (TPSA) is 60.2 Å². The standard InChI is InChI=1S/C9H15N3O2/c1-7-5-9(13,3-4-14-7)8-6-10-12(2)11-8/h6-7,13H,3-5H2,1-2H3. The van der Waals surface area contributed by atoms with Gasteiger partial charge in [0, 0.05) is 19.9 Å². The molecule has 0 spiro atoms. The molecule has 1 aromatic rings. The minimum Gasteiger partial charge on any atom is -0.383 e. The molecule has 1 aliphatic rings. The normalized spacial score (nSPS) is 33.2. The highest BCUT2D eigenvalue weighted by atomic mass is 16.5. The van der Waals surface area contributed by atoms with Crippen molar-refractivity contribution >= 4 is 0 Å². The van der Waals surface area contributed by atoms with Crippen LogP contribution in [0.25, 0.3) is 0 Å². The molecule has 1 aromatic heterocycles. The highest BCUT2D eigenvalue weighted by Crippen LogP contribution is 2.32. The maximum Gasteiger partial charge on any atom is 0.115 e. The van der Waals surface area contributed by atoms with Gasteiger partial charge < -0.3 is 9.84 Å². The highest BCUT2D eigenvalue weighted by Gasteiger charge is 2.37. The summed E-state index contributed by atoms with van der Waals surface area (Å²) >= 11 is 0. The van der Waals surface area contributed by atoms with Gasteiger partial charge in [0.2, 0.25) is 0 Å². The van der Waals surface area contributed by atoms with Gasteiger partial charge in [-0.1, -0.05) is 0 Å². The second kappa shape index (κ2) is 3.33. The van der Waals surface area contributed by atoms with Crippen molar-refractivity contribution < 1.29 is 9.84 Å². The molecular formula is C9H15N3O2. The predicted molar refractivity (Wildman–Crippen MR) is 49.5 cm³/mol. The summed E-state index contributed by atoms with van der Waals surface area (Å²) in [6.07, 6.45) is 2.88. The van der Waals surface area contributed by atoms with Gasteiger partial charge in [-0.05, 0) is 6.92 Å². The van der Waals surface area contributed by atoms with E-state index in [9.17, 15) is 5.11 Å². The van der Waals surface area contributed by atoms with Crippen LogP contribution < -0.4 is 0 Å². The number of aliphatic hydroxyl groups is 1. The van der Waals surface area contributed by atoms with Gasteiger partial charge >= 0.3 is 0 Å². The van der Waals surface area contributed by atoms with Crippen LogP contribution in [0.2, 0.25) is 0 Å². The number of aryl methyl sites for hydroxylation is 1. The Balaban J connectivity index is 2.22. The molecule has 1 aliphatic heterocycles. The molecule has 14 heavy (non-hydrogen) atoms. The fourth-order valence-electron chi connectivity index (χ4n) is 1.86. The molecule has 0 aliphatic carbocycles. The Labute approximate surface area is 82.7 Å². The number of ether oxygens (including phenoxy) is 1. The zero-order valence-electron chi connectivity index (χ0n) is 8.47. The Bertz CT molecular complexity index is 326. The maximum atomic E-state index is 10.3. The first-order valence-electron chi connectivity index (χ1n) is 4.81. The van der Waals surface area contributed by atoms with Crippen molar-refractivity contribution in [3.05, 3.63) is 11.9 Å². The molecule has 78 valence electrons. The van der Waals surface area contributed by atoms with Gasteiger partial charge in [-0.2, -0.15) is 15.0 Å². The Hall–Kier alpha value is -0.940. The van der Waals surface area contributed by atoms with E-state index in [4.69, 9.17) is 4.74 Å². The first kappa shape index (κ1) is 9.61. The molecule has 5 nitrogen and oxygen atoms in total. The highest BCUT2D eigenvalue weighted by molar-refractivity contribution is 5.07. The lowest BCUT2D eigenvalue weighted by atomic mass is 9.88. The van der Waals surface area contributed by atoms with Gasteiger partial charge in [-0.15, -0.1) is 0 Å². The lowest BCUT2D eigenvalue weighted by Crippen LogP contribution is -2.37. The van der Waals surface area contributed by atoms with Crippen LogP contribution in [0.4, 0.5) is 0 Å². The zero-order chi connectivity index (χ0) is 10.2. The Morgan fingerprint density at radius 3 is 3.07 bits per heavy atom. The van der Waals surface area contributed by atoms with E-state index in [0.717, 1.165) is 0 Å². The van der Waals surface area contributed by atoms with E-state index < -0.39 is 5.60 Å². The van der Waals surface area contributed by atoms with E-state index in [0.29, 0.717) is 25.1 Å². The summed E-state index contributed by atoms with van der Waals surface area (Å²) in [5.41, 5.74) is -0.207. The second-order valence-corrected chi connectivity index (χ2v) is 3.89. The minimum absolute atomic E-state index is 0.0794. The molecule has 1 saturated heterocycles. The van der Waals surface area contributed by atoms with Gasteiger partial charge in [-0.3, -0.25) is 0 Å². The van der Waals surface area contributed by atoms with Gasteiger partial charge in [0.05, 0.1) is 18.9 Å². The zero-order valence-corrected chi connectivity index (χ0v) is 8.47. The monoisotopic (exact) mass is 197 g/mol. The Morgan fingerprint density at radius 1 is 1.71 bits per heavy atom. The van der Waals surface area contributed by atoms with Crippen LogP contribution in [-0.4, -0.2) is 32.8 Å². The quantitative estimate of drug-likeness (QED) is 0.698. The molecule has 0 amide bonds. The molecule has 0 bridgehead atoms. The number of hydrogen-bond donors (Lipinski definition) is 1. The Kier molecular flexibility index (Phi) is 2.28. The molecule has 5 heteroatoms. The van der Waals surface area contributed by atoms with Crippen LogP contribution >= 0.6 is 0 Å². The molecule has 2 heterocycles. The van der Waals surface area contributed by atoms with Crippen LogP contribution in [0.1, 0.15) is 25.5 Å². The van der Waals surface area contributed by atoms with Crippen molar-refractivity contribution in [2.24, 2.45) is 7.05 Å². The third kappa shape index (κ3) is 1.65. The van der Waals surface area contributed by atoms with Gasteiger partial charge in [-0.25, -0.2) is 0 Å². The fourth-order valence-corrected chi connectivity index (χ4v) is 1.86. The summed E-state index contributed by atoms with van der Waals surface area (Å²) in [6, 6.07) is 0. The molecule has 0 radical (unpaired) electrons. The van der Waals surface area contributed by atoms with Crippen LogP contribution in [0.3, 0.4) is 0 Å². The molecule has 2 rings (SSSR count). The molecular weight excluding hydrogens is 182 g/mol. The molecule has 0 aromatic carbocycles. The third-order valence-electron chi connectivity index (χ3n) is 2.62. The average molecular weight is 197 g/mol. The minimum atomic E-state index is -0.855.